The van der Waals surface area contributed by atoms with Crippen molar-refractivity contribution in [3.63, 3.8) is 0 Å². The summed E-state index contributed by atoms with van der Waals surface area (Å²) in [7, 11) is -3.22. The zero-order valence-corrected chi connectivity index (χ0v) is 36.3. The lowest BCUT2D eigenvalue weighted by molar-refractivity contribution is -0.223. The van der Waals surface area contributed by atoms with Crippen molar-refractivity contribution in [3.05, 3.63) is 54.1 Å². The van der Waals surface area contributed by atoms with Crippen LogP contribution in [0.25, 0.3) is 5.57 Å². The minimum absolute atomic E-state index is 0.00729. The average Bonchev–Trinajstić information content (AvgIpc) is 3.79. The number of benzene rings is 1. The van der Waals surface area contributed by atoms with Crippen LogP contribution in [0.5, 0.6) is 0 Å². The number of nitrogens with zero attached hydrogens (tertiary/aromatic N) is 2. The van der Waals surface area contributed by atoms with E-state index in [1.807, 2.05) is 18.2 Å². The number of carboxylic acids is 1. The molecule has 11 atom stereocenters. The van der Waals surface area contributed by atoms with E-state index in [0.717, 1.165) is 32.5 Å². The number of carbonyl (C=O) groups is 1. The fourth-order valence-corrected chi connectivity index (χ4v) is 17.1. The number of nitrogens with one attached hydrogen (secondary N) is 1. The maximum atomic E-state index is 12.5. The molecule has 4 saturated carbocycles. The third kappa shape index (κ3) is 5.70. The molecule has 2 bridgehead atoms. The Balaban J connectivity index is 1.05. The Bertz CT molecular complexity index is 1870. The number of hydrogen-bond donors (Lipinski definition) is 2. The van der Waals surface area contributed by atoms with Crippen LogP contribution in [0.15, 0.2) is 43.0 Å². The number of fused-ring (bicyclic) bond motifs is 9. The molecule has 304 valence electrons. The van der Waals surface area contributed by atoms with Crippen LogP contribution in [-0.2, 0) is 10.0 Å². The maximum absolute atomic E-state index is 12.5. The van der Waals surface area contributed by atoms with E-state index >= 15 is 0 Å². The molecule has 6 fully saturated rings. The highest BCUT2D eigenvalue weighted by atomic mass is 32.2. The van der Waals surface area contributed by atoms with Gasteiger partial charge in [0.05, 0.1) is 17.4 Å². The van der Waals surface area contributed by atoms with E-state index in [1.165, 1.54) is 68.8 Å². The zero-order chi connectivity index (χ0) is 39.8. The van der Waals surface area contributed by atoms with E-state index in [2.05, 4.69) is 78.3 Å². The van der Waals surface area contributed by atoms with Crippen LogP contribution in [0.3, 0.4) is 0 Å². The molecule has 55 heavy (non-hydrogen) atoms. The molecule has 5 aliphatic carbocycles. The molecule has 0 spiro atoms. The van der Waals surface area contributed by atoms with Gasteiger partial charge in [-0.2, -0.15) is 4.31 Å². The number of sulfonamides is 1. The Labute approximate surface area is 333 Å². The van der Waals surface area contributed by atoms with Crippen molar-refractivity contribution < 1.29 is 18.3 Å². The lowest BCUT2D eigenvalue weighted by Crippen LogP contribution is -2.68. The quantitative estimate of drug-likeness (QED) is 0.256. The maximum Gasteiger partial charge on any atom is 0.335 e. The molecule has 2 heterocycles. The van der Waals surface area contributed by atoms with E-state index in [1.54, 1.807) is 16.4 Å². The number of piperazine rings is 1. The van der Waals surface area contributed by atoms with Gasteiger partial charge in [0.25, 0.3) is 0 Å². The third-order valence-electron chi connectivity index (χ3n) is 18.7. The smallest absolute Gasteiger partial charge is 0.335 e. The average molecular weight is 774 g/mol. The zero-order valence-electron chi connectivity index (χ0n) is 35.5. The number of rotatable bonds is 8. The molecule has 2 aliphatic heterocycles. The van der Waals surface area contributed by atoms with Gasteiger partial charge in [-0.15, -0.1) is 6.58 Å². The van der Waals surface area contributed by atoms with Crippen LogP contribution in [0, 0.1) is 56.7 Å². The molecule has 2 N–H and O–H groups in total. The summed E-state index contributed by atoms with van der Waals surface area (Å²) in [5, 5.41) is 13.9. The van der Waals surface area contributed by atoms with Gasteiger partial charge in [-0.25, -0.2) is 13.2 Å². The standard InChI is InChI=1S/C47H71N3O4S/c1-11-46-28-33(50(30-46)55(10,53)54)29-49(46)27-26-48-47-23-19-35(41(2,3)4)39(47)36-16-17-38-43(7)21-18-34(31-12-14-32(15-13-31)40(51)52)42(5,6)37(43)20-22-45(38,9)44(36,8)24-25-47/h11-15,18,33,35-39,48H,1,16-17,19-30H2,2-10H3,(H,51,52)/t33-,35+,36+,37?,38?,39?,43-,44+,45+,46-,47-/m0/s1. The second kappa shape index (κ2) is 12.7. The van der Waals surface area contributed by atoms with E-state index < -0.39 is 16.0 Å². The molecular formula is C47H71N3O4S. The van der Waals surface area contributed by atoms with Crippen LogP contribution in [0.2, 0.25) is 0 Å². The van der Waals surface area contributed by atoms with E-state index in [9.17, 15) is 18.3 Å². The minimum atomic E-state index is -3.22. The van der Waals surface area contributed by atoms with Crippen molar-refractivity contribution in [2.75, 3.05) is 32.4 Å². The van der Waals surface area contributed by atoms with Crippen LogP contribution in [0.1, 0.15) is 136 Å². The summed E-state index contributed by atoms with van der Waals surface area (Å²) in [6, 6.07) is 7.68. The topological polar surface area (TPSA) is 90.0 Å². The highest BCUT2D eigenvalue weighted by Crippen LogP contribution is 2.77. The van der Waals surface area contributed by atoms with Crippen LogP contribution in [0.4, 0.5) is 0 Å². The number of hydrogen-bond acceptors (Lipinski definition) is 5. The Hall–Kier alpha value is -2.00. The van der Waals surface area contributed by atoms with Crippen molar-refractivity contribution in [2.45, 2.75) is 137 Å². The van der Waals surface area contributed by atoms with Crippen molar-refractivity contribution in [2.24, 2.45) is 56.7 Å². The highest BCUT2D eigenvalue weighted by Gasteiger charge is 2.71. The molecule has 2 saturated heterocycles. The first-order valence-corrected chi connectivity index (χ1v) is 23.6. The number of allylic oxidation sites excluding steroid dienone is 2. The molecule has 1 aromatic rings. The fourth-order valence-electron chi connectivity index (χ4n) is 16.0. The van der Waals surface area contributed by atoms with Crippen LogP contribution < -0.4 is 5.32 Å². The van der Waals surface area contributed by atoms with Gasteiger partial charge >= 0.3 is 5.97 Å². The van der Waals surface area contributed by atoms with E-state index in [-0.39, 0.29) is 44.2 Å². The Morgan fingerprint density at radius 1 is 0.964 bits per heavy atom. The van der Waals surface area contributed by atoms with Gasteiger partial charge in [-0.05, 0) is 144 Å². The first-order chi connectivity index (χ1) is 25.6. The largest absolute Gasteiger partial charge is 0.478 e. The van der Waals surface area contributed by atoms with Gasteiger partial charge in [0.2, 0.25) is 10.0 Å². The summed E-state index contributed by atoms with van der Waals surface area (Å²) in [5.74, 6) is 2.43. The molecular weight excluding hydrogens is 703 g/mol. The normalized spacial score (nSPS) is 43.9. The Morgan fingerprint density at radius 2 is 1.67 bits per heavy atom. The molecule has 0 aromatic heterocycles. The lowest BCUT2D eigenvalue weighted by atomic mass is 9.32. The molecule has 0 radical (unpaired) electrons. The van der Waals surface area contributed by atoms with Crippen LogP contribution >= 0.6 is 0 Å². The molecule has 1 aromatic carbocycles. The van der Waals surface area contributed by atoms with Crippen LogP contribution in [-0.4, -0.2) is 78.3 Å². The van der Waals surface area contributed by atoms with Crippen molar-refractivity contribution in [1.29, 1.82) is 0 Å². The van der Waals surface area contributed by atoms with Gasteiger partial charge in [-0.3, -0.25) is 4.90 Å². The lowest BCUT2D eigenvalue weighted by Gasteiger charge is -2.72. The summed E-state index contributed by atoms with van der Waals surface area (Å²) in [6.45, 7) is 28.0. The summed E-state index contributed by atoms with van der Waals surface area (Å²) >= 11 is 0. The van der Waals surface area contributed by atoms with Crippen molar-refractivity contribution >= 4 is 21.6 Å². The van der Waals surface area contributed by atoms with Gasteiger partial charge in [0, 0.05) is 37.8 Å². The Morgan fingerprint density at radius 3 is 2.31 bits per heavy atom. The van der Waals surface area contributed by atoms with Gasteiger partial charge < -0.3 is 10.4 Å². The Kier molecular flexibility index (Phi) is 9.23. The van der Waals surface area contributed by atoms with E-state index in [4.69, 9.17) is 0 Å². The van der Waals surface area contributed by atoms with Gasteiger partial charge in [0.1, 0.15) is 0 Å². The molecule has 7 aliphatic rings. The highest BCUT2D eigenvalue weighted by molar-refractivity contribution is 7.88. The van der Waals surface area contributed by atoms with Crippen molar-refractivity contribution in [3.8, 4) is 0 Å². The third-order valence-corrected chi connectivity index (χ3v) is 20.0. The number of carboxylic acid groups (broad SMARTS) is 1. The monoisotopic (exact) mass is 774 g/mol. The molecule has 7 nitrogen and oxygen atoms in total. The SMILES string of the molecule is C=C[C@@]12C[C@@H](CN1CCN[C@]13CC[C@@H](C(C)(C)C)C1[C@H]1CCC4[C@@]5(C)CC=C(c6ccc(C(=O)O)cc6)C(C)(C)C5CC[C@@]4(C)[C@]1(C)CC3)N(S(C)(=O)=O)C2. The minimum Gasteiger partial charge on any atom is -0.478 e. The van der Waals surface area contributed by atoms with Gasteiger partial charge in [0.15, 0.2) is 0 Å². The second-order valence-corrected chi connectivity index (χ2v) is 24.1. The molecule has 8 heteroatoms. The number of likely N-dealkylation sites (tertiary alicyclic amines) is 1. The predicted octanol–water partition coefficient (Wildman–Crippen LogP) is 9.12. The molecule has 8 rings (SSSR count). The van der Waals surface area contributed by atoms with Crippen molar-refractivity contribution in [1.82, 2.24) is 14.5 Å². The first-order valence-electron chi connectivity index (χ1n) is 21.7. The summed E-state index contributed by atoms with van der Waals surface area (Å²) < 4.78 is 26.8. The second-order valence-electron chi connectivity index (χ2n) is 22.1. The first kappa shape index (κ1) is 39.8. The molecule has 0 amide bonds. The van der Waals surface area contributed by atoms with E-state index in [0.29, 0.717) is 41.7 Å². The predicted molar refractivity (Wildman–Crippen MR) is 223 cm³/mol. The molecule has 3 unspecified atom stereocenters. The number of aromatic carboxylic acids is 1. The van der Waals surface area contributed by atoms with Gasteiger partial charge in [-0.1, -0.05) is 79.7 Å². The summed E-state index contributed by atoms with van der Waals surface area (Å²) in [5.41, 5.74) is 3.88. The summed E-state index contributed by atoms with van der Waals surface area (Å²) in [4.78, 5) is 14.2. The summed E-state index contributed by atoms with van der Waals surface area (Å²) in [6.07, 6.45) is 18.2. The fraction of sp³-hybridized carbons (Fsp3) is 0.766.